The van der Waals surface area contributed by atoms with Gasteiger partial charge in [-0.3, -0.25) is 9.59 Å². The molecule has 0 spiro atoms. The fourth-order valence-corrected chi connectivity index (χ4v) is 1.18. The summed E-state index contributed by atoms with van der Waals surface area (Å²) in [5, 5.41) is 1.29. The lowest BCUT2D eigenvalue weighted by molar-refractivity contribution is -0.167. The van der Waals surface area contributed by atoms with Gasteiger partial charge in [-0.1, -0.05) is 0 Å². The summed E-state index contributed by atoms with van der Waals surface area (Å²) in [5.41, 5.74) is -1.37. The third kappa shape index (κ3) is 2.76. The Balaban J connectivity index is 3.23. The second-order valence-corrected chi connectivity index (χ2v) is 3.11. The van der Waals surface area contributed by atoms with Crippen LogP contribution in [-0.4, -0.2) is 25.5 Å². The van der Waals surface area contributed by atoms with E-state index in [0.717, 1.165) is 19.2 Å². The van der Waals surface area contributed by atoms with E-state index in [1.165, 1.54) is 5.32 Å². The summed E-state index contributed by atoms with van der Waals surface area (Å²) >= 11 is 0. The van der Waals surface area contributed by atoms with Gasteiger partial charge in [0.25, 0.3) is 0 Å². The molecule has 0 bridgehead atoms. The van der Waals surface area contributed by atoms with Crippen LogP contribution in [-0.2, 0) is 4.79 Å². The number of alkyl halides is 3. The molecule has 0 saturated carbocycles. The lowest BCUT2D eigenvalue weighted by atomic mass is 10.1. The zero-order valence-electron chi connectivity index (χ0n) is 8.97. The van der Waals surface area contributed by atoms with Crippen LogP contribution in [0.4, 0.5) is 23.2 Å². The third-order valence-corrected chi connectivity index (χ3v) is 1.99. The van der Waals surface area contributed by atoms with Crippen molar-refractivity contribution < 1.29 is 31.9 Å². The van der Waals surface area contributed by atoms with Gasteiger partial charge in [-0.05, 0) is 12.1 Å². The van der Waals surface area contributed by atoms with Crippen LogP contribution >= 0.6 is 0 Å². The number of anilines is 1. The van der Waals surface area contributed by atoms with Crippen LogP contribution in [0.25, 0.3) is 0 Å². The van der Waals surface area contributed by atoms with Gasteiger partial charge in [-0.15, -0.1) is 0 Å². The van der Waals surface area contributed by atoms with Gasteiger partial charge in [-0.2, -0.15) is 13.2 Å². The Morgan fingerprint density at radius 1 is 1.39 bits per heavy atom. The van der Waals surface area contributed by atoms with Crippen molar-refractivity contribution in [3.05, 3.63) is 23.5 Å². The van der Waals surface area contributed by atoms with Crippen molar-refractivity contribution in [3.8, 4) is 5.75 Å². The minimum atomic E-state index is -5.18. The molecule has 0 atom stereocenters. The number of amides is 1. The normalized spacial score (nSPS) is 10.9. The van der Waals surface area contributed by atoms with E-state index in [9.17, 15) is 27.2 Å². The molecule has 18 heavy (non-hydrogen) atoms. The Labute approximate surface area is 98.5 Å². The van der Waals surface area contributed by atoms with Gasteiger partial charge in [0, 0.05) is 0 Å². The number of benzene rings is 1. The molecule has 1 aromatic rings. The first-order chi connectivity index (χ1) is 8.31. The maximum absolute atomic E-state index is 13.3. The zero-order valence-corrected chi connectivity index (χ0v) is 8.97. The second-order valence-electron chi connectivity index (χ2n) is 3.11. The summed E-state index contributed by atoms with van der Waals surface area (Å²) in [7, 11) is 1.15. The van der Waals surface area contributed by atoms with Crippen LogP contribution in [0.2, 0.25) is 0 Å². The molecule has 0 aromatic heterocycles. The van der Waals surface area contributed by atoms with Crippen molar-refractivity contribution in [2.45, 2.75) is 6.18 Å². The van der Waals surface area contributed by atoms with Crippen molar-refractivity contribution in [3.63, 3.8) is 0 Å². The quantitative estimate of drug-likeness (QED) is 0.673. The monoisotopic (exact) mass is 265 g/mol. The van der Waals surface area contributed by atoms with E-state index < -0.39 is 29.2 Å². The first kappa shape index (κ1) is 13.9. The zero-order chi connectivity index (χ0) is 13.9. The highest BCUT2D eigenvalue weighted by Crippen LogP contribution is 2.29. The molecule has 0 aliphatic rings. The molecule has 1 N–H and O–H groups in total. The molecule has 0 aliphatic heterocycles. The van der Waals surface area contributed by atoms with E-state index in [0.29, 0.717) is 0 Å². The number of methoxy groups -OCH3 is 1. The van der Waals surface area contributed by atoms with Crippen LogP contribution in [0.15, 0.2) is 12.1 Å². The van der Waals surface area contributed by atoms with Crippen LogP contribution in [0.5, 0.6) is 5.75 Å². The number of nitrogens with one attached hydrogen (secondary N) is 1. The van der Waals surface area contributed by atoms with E-state index in [-0.39, 0.29) is 12.0 Å². The molecule has 0 radical (unpaired) electrons. The van der Waals surface area contributed by atoms with Crippen LogP contribution in [0, 0.1) is 5.82 Å². The fraction of sp³-hybridized carbons (Fsp3) is 0.200. The summed E-state index contributed by atoms with van der Waals surface area (Å²) in [4.78, 5) is 21.4. The molecule has 1 amide bonds. The van der Waals surface area contributed by atoms with E-state index in [1.807, 2.05) is 0 Å². The molecule has 4 nitrogen and oxygen atoms in total. The number of carbonyl (C=O) groups excluding carboxylic acids is 2. The van der Waals surface area contributed by atoms with Crippen LogP contribution < -0.4 is 10.1 Å². The lowest BCUT2D eigenvalue weighted by Crippen LogP contribution is -2.30. The first-order valence-electron chi connectivity index (χ1n) is 4.51. The minimum absolute atomic E-state index is 0.0912. The fourth-order valence-electron chi connectivity index (χ4n) is 1.18. The third-order valence-electron chi connectivity index (χ3n) is 1.99. The Morgan fingerprint density at radius 3 is 2.44 bits per heavy atom. The molecule has 0 unspecified atom stereocenters. The van der Waals surface area contributed by atoms with Crippen molar-refractivity contribution >= 4 is 17.9 Å². The highest BCUT2D eigenvalue weighted by atomic mass is 19.4. The van der Waals surface area contributed by atoms with Crippen LogP contribution in [0.3, 0.4) is 0 Å². The maximum Gasteiger partial charge on any atom is 0.471 e. The Bertz CT molecular complexity index is 485. The SMILES string of the molecule is COc1ccc(F)c(NC(=O)C(F)(F)F)c1C=O. The highest BCUT2D eigenvalue weighted by molar-refractivity contribution is 6.00. The first-order valence-corrected chi connectivity index (χ1v) is 4.51. The van der Waals surface area contributed by atoms with E-state index in [1.54, 1.807) is 0 Å². The van der Waals surface area contributed by atoms with Crippen molar-refractivity contribution in [2.75, 3.05) is 12.4 Å². The van der Waals surface area contributed by atoms with Crippen molar-refractivity contribution in [1.82, 2.24) is 0 Å². The molecule has 98 valence electrons. The number of hydrogen-bond donors (Lipinski definition) is 1. The van der Waals surface area contributed by atoms with Gasteiger partial charge in [-0.25, -0.2) is 4.39 Å². The number of carbonyl (C=O) groups is 2. The molecule has 0 fully saturated rings. The molecule has 0 saturated heterocycles. The number of aldehydes is 1. The minimum Gasteiger partial charge on any atom is -0.496 e. The topological polar surface area (TPSA) is 55.4 Å². The van der Waals surface area contributed by atoms with Gasteiger partial charge >= 0.3 is 12.1 Å². The summed E-state index contributed by atoms with van der Waals surface area (Å²) in [6.45, 7) is 0. The van der Waals surface area contributed by atoms with E-state index in [4.69, 9.17) is 0 Å². The number of hydrogen-bond acceptors (Lipinski definition) is 3. The Morgan fingerprint density at radius 2 is 2.00 bits per heavy atom. The lowest BCUT2D eigenvalue weighted by Gasteiger charge is -2.12. The molecule has 1 aromatic carbocycles. The van der Waals surface area contributed by atoms with Crippen LogP contribution in [0.1, 0.15) is 10.4 Å². The highest BCUT2D eigenvalue weighted by Gasteiger charge is 2.39. The van der Waals surface area contributed by atoms with Gasteiger partial charge in [0.1, 0.15) is 11.6 Å². The average Bonchev–Trinajstić information content (AvgIpc) is 2.30. The molecule has 8 heteroatoms. The predicted molar refractivity (Wildman–Crippen MR) is 53.0 cm³/mol. The van der Waals surface area contributed by atoms with Gasteiger partial charge in [0.15, 0.2) is 6.29 Å². The summed E-state index contributed by atoms with van der Waals surface area (Å²) in [6.07, 6.45) is -5.09. The Hall–Kier alpha value is -2.12. The standard InChI is InChI=1S/C10H7F4NO3/c1-18-7-3-2-6(11)8(5(7)4-16)15-9(17)10(12,13)14/h2-4H,1H3,(H,15,17). The van der Waals surface area contributed by atoms with E-state index >= 15 is 0 Å². The van der Waals surface area contributed by atoms with Gasteiger partial charge in [0.2, 0.25) is 0 Å². The second kappa shape index (κ2) is 5.03. The number of rotatable bonds is 3. The summed E-state index contributed by atoms with van der Waals surface area (Å²) in [5.74, 6) is -3.70. The van der Waals surface area contributed by atoms with Gasteiger partial charge < -0.3 is 10.1 Å². The number of halogens is 4. The molecule has 0 aliphatic carbocycles. The molecule has 0 heterocycles. The maximum atomic E-state index is 13.3. The van der Waals surface area contributed by atoms with E-state index in [2.05, 4.69) is 4.74 Å². The molecular weight excluding hydrogens is 258 g/mol. The smallest absolute Gasteiger partial charge is 0.471 e. The molecule has 1 rings (SSSR count). The largest absolute Gasteiger partial charge is 0.496 e. The van der Waals surface area contributed by atoms with Gasteiger partial charge in [0.05, 0.1) is 18.4 Å². The average molecular weight is 265 g/mol. The Kier molecular flexibility index (Phi) is 3.89. The summed E-state index contributed by atoms with van der Waals surface area (Å²) < 4.78 is 54.1. The van der Waals surface area contributed by atoms with Crippen molar-refractivity contribution in [1.29, 1.82) is 0 Å². The number of ether oxygens (including phenoxy) is 1. The summed E-state index contributed by atoms with van der Waals surface area (Å²) in [6, 6.07) is 1.83. The molecular formula is C10H7F4NO3. The predicted octanol–water partition coefficient (Wildman–Crippen LogP) is 2.15. The van der Waals surface area contributed by atoms with Crippen molar-refractivity contribution in [2.24, 2.45) is 0 Å².